The van der Waals surface area contributed by atoms with Crippen molar-refractivity contribution in [2.45, 2.75) is 0 Å². The third-order valence-electron chi connectivity index (χ3n) is 9.89. The van der Waals surface area contributed by atoms with Crippen LogP contribution in [0.15, 0.2) is 162 Å². The maximum absolute atomic E-state index is 6.75. The predicted molar refractivity (Wildman–Crippen MR) is 211 cm³/mol. The first-order valence-electron chi connectivity index (χ1n) is 16.9. The zero-order valence-corrected chi connectivity index (χ0v) is 27.9. The Bertz CT molecular complexity index is 3100. The molecule has 0 saturated carbocycles. The summed E-state index contributed by atoms with van der Waals surface area (Å²) in [6.07, 6.45) is 0. The molecule has 0 aliphatic rings. The number of rotatable bonds is 4. The fourth-order valence-electron chi connectivity index (χ4n) is 7.60. The van der Waals surface area contributed by atoms with Gasteiger partial charge in [-0.25, -0.2) is 4.98 Å². The second-order valence-electron chi connectivity index (χ2n) is 12.8. The van der Waals surface area contributed by atoms with Crippen molar-refractivity contribution in [2.75, 3.05) is 0 Å². The highest BCUT2D eigenvalue weighted by Crippen LogP contribution is 2.42. The van der Waals surface area contributed by atoms with Crippen molar-refractivity contribution in [3.8, 4) is 39.9 Å². The molecule has 0 fully saturated rings. The summed E-state index contributed by atoms with van der Waals surface area (Å²) in [4.78, 5) is 15.4. The van der Waals surface area contributed by atoms with Crippen LogP contribution < -0.4 is 0 Å². The zero-order valence-electron chi connectivity index (χ0n) is 27.1. The van der Waals surface area contributed by atoms with Crippen LogP contribution in [0, 0.1) is 0 Å². The van der Waals surface area contributed by atoms with Crippen molar-refractivity contribution in [1.29, 1.82) is 0 Å². The number of thiophene rings is 1. The molecule has 5 nitrogen and oxygen atoms in total. The van der Waals surface area contributed by atoms with E-state index >= 15 is 0 Å². The maximum atomic E-state index is 6.75. The lowest BCUT2D eigenvalue weighted by Crippen LogP contribution is -2.06. The number of furan rings is 1. The van der Waals surface area contributed by atoms with Crippen molar-refractivity contribution < 1.29 is 4.42 Å². The summed E-state index contributed by atoms with van der Waals surface area (Å²) >= 11 is 1.83. The van der Waals surface area contributed by atoms with Crippen molar-refractivity contribution >= 4 is 75.3 Å². The molecule has 4 aromatic heterocycles. The lowest BCUT2D eigenvalue weighted by molar-refractivity contribution is 0.669. The molecule has 238 valence electrons. The Labute approximate surface area is 295 Å². The molecule has 0 spiro atoms. The highest BCUT2D eigenvalue weighted by Gasteiger charge is 2.21. The minimum atomic E-state index is 0.554. The molecule has 0 aliphatic carbocycles. The third-order valence-corrected chi connectivity index (χ3v) is 11.0. The Morgan fingerprint density at radius 2 is 1.10 bits per heavy atom. The molecule has 4 heterocycles. The summed E-state index contributed by atoms with van der Waals surface area (Å²) in [7, 11) is 0. The van der Waals surface area contributed by atoms with Crippen molar-refractivity contribution in [2.24, 2.45) is 0 Å². The van der Waals surface area contributed by atoms with E-state index in [0.29, 0.717) is 17.6 Å². The molecule has 11 aromatic rings. The predicted octanol–water partition coefficient (Wildman–Crippen LogP) is 12.2. The molecule has 11 rings (SSSR count). The van der Waals surface area contributed by atoms with E-state index in [1.54, 1.807) is 0 Å². The number of para-hydroxylation sites is 3. The van der Waals surface area contributed by atoms with E-state index in [4.69, 9.17) is 19.4 Å². The molecule has 0 bridgehead atoms. The normalized spacial score (nSPS) is 11.9. The minimum Gasteiger partial charge on any atom is -0.455 e. The van der Waals surface area contributed by atoms with E-state index in [1.165, 1.54) is 20.2 Å². The van der Waals surface area contributed by atoms with Crippen LogP contribution in [0.3, 0.4) is 0 Å². The molecule has 0 amide bonds. The number of aromatic nitrogens is 4. The van der Waals surface area contributed by atoms with E-state index in [1.807, 2.05) is 53.8 Å². The van der Waals surface area contributed by atoms with Gasteiger partial charge in [-0.05, 0) is 47.5 Å². The number of nitrogens with zero attached hydrogens (tertiary/aromatic N) is 4. The molecule has 0 unspecified atom stereocenters. The van der Waals surface area contributed by atoms with Crippen molar-refractivity contribution in [3.05, 3.63) is 158 Å². The molecular weight excluding hydrogens is 645 g/mol. The summed E-state index contributed by atoms with van der Waals surface area (Å²) < 4.78 is 11.5. The Balaban J connectivity index is 1.15. The van der Waals surface area contributed by atoms with Crippen molar-refractivity contribution in [3.63, 3.8) is 0 Å². The van der Waals surface area contributed by atoms with Gasteiger partial charge >= 0.3 is 0 Å². The van der Waals surface area contributed by atoms with Crippen LogP contribution in [-0.2, 0) is 0 Å². The fourth-order valence-corrected chi connectivity index (χ4v) is 8.74. The third kappa shape index (κ3) is 4.30. The average Bonchev–Trinajstić information content (AvgIpc) is 3.87. The van der Waals surface area contributed by atoms with Crippen LogP contribution in [0.5, 0.6) is 0 Å². The lowest BCUT2D eigenvalue weighted by atomic mass is 9.98. The number of hydrogen-bond donors (Lipinski definition) is 0. The van der Waals surface area contributed by atoms with Gasteiger partial charge in [0.05, 0.1) is 16.6 Å². The Morgan fingerprint density at radius 3 is 1.92 bits per heavy atom. The smallest absolute Gasteiger partial charge is 0.238 e. The van der Waals surface area contributed by atoms with Crippen molar-refractivity contribution in [1.82, 2.24) is 19.5 Å². The molecule has 6 heteroatoms. The largest absolute Gasteiger partial charge is 0.455 e. The molecule has 51 heavy (non-hydrogen) atoms. The topological polar surface area (TPSA) is 56.7 Å². The highest BCUT2D eigenvalue weighted by atomic mass is 32.1. The molecule has 0 N–H and O–H groups in total. The van der Waals surface area contributed by atoms with Gasteiger partial charge in [0.1, 0.15) is 11.2 Å². The molecular formula is C45H26N4OS. The lowest BCUT2D eigenvalue weighted by Gasteiger charge is -2.11. The first-order valence-corrected chi connectivity index (χ1v) is 17.8. The van der Waals surface area contributed by atoms with Crippen LogP contribution in [0.2, 0.25) is 0 Å². The van der Waals surface area contributed by atoms with E-state index in [-0.39, 0.29) is 0 Å². The number of hydrogen-bond acceptors (Lipinski definition) is 5. The summed E-state index contributed by atoms with van der Waals surface area (Å²) in [5, 5.41) is 6.99. The fraction of sp³-hybridized carbons (Fsp3) is 0. The zero-order chi connectivity index (χ0) is 33.5. The molecule has 0 atom stereocenters. The summed E-state index contributed by atoms with van der Waals surface area (Å²) in [6, 6.07) is 54.9. The SMILES string of the molecule is c1ccc(-c2nc(-c3cccc4c3oc3cccc(-c5ccc6c(c5)sc5ccccc56)c34)nc(-n3c4ccccc4c4ccccc43)n2)cc1. The highest BCUT2D eigenvalue weighted by molar-refractivity contribution is 7.25. The summed E-state index contributed by atoms with van der Waals surface area (Å²) in [5.41, 5.74) is 7.68. The van der Waals surface area contributed by atoms with E-state index < -0.39 is 0 Å². The summed E-state index contributed by atoms with van der Waals surface area (Å²) in [6.45, 7) is 0. The van der Waals surface area contributed by atoms with Gasteiger partial charge in [-0.3, -0.25) is 4.57 Å². The van der Waals surface area contributed by atoms with Gasteiger partial charge in [-0.2, -0.15) is 9.97 Å². The standard InChI is InChI=1S/C45H26N4OS/c1-2-12-27(13-3-1)43-46-44(48-45(47-43)49-36-20-7-4-14-30(36)31-15-5-8-21-37(31)49)35-19-10-18-34-41-29(17-11-22-38(41)50-42(34)35)28-24-25-33-32-16-6-9-23-39(32)51-40(33)26-28/h1-26H. The van der Waals surface area contributed by atoms with Crippen LogP contribution in [0.4, 0.5) is 0 Å². The van der Waals surface area contributed by atoms with E-state index in [2.05, 4.69) is 120 Å². The molecule has 7 aromatic carbocycles. The van der Waals surface area contributed by atoms with Crippen LogP contribution in [0.25, 0.3) is 104 Å². The van der Waals surface area contributed by atoms with Crippen LogP contribution in [0.1, 0.15) is 0 Å². The Morgan fingerprint density at radius 1 is 0.451 bits per heavy atom. The maximum Gasteiger partial charge on any atom is 0.238 e. The van der Waals surface area contributed by atoms with E-state index in [9.17, 15) is 0 Å². The van der Waals surface area contributed by atoms with Crippen LogP contribution in [-0.4, -0.2) is 19.5 Å². The second kappa shape index (κ2) is 10.9. The number of benzene rings is 7. The molecule has 0 saturated heterocycles. The first kappa shape index (κ1) is 28.2. The quantitative estimate of drug-likeness (QED) is 0.187. The van der Waals surface area contributed by atoms with Gasteiger partial charge in [-0.15, -0.1) is 11.3 Å². The Hall–Kier alpha value is -6.63. The minimum absolute atomic E-state index is 0.554. The number of fused-ring (bicyclic) bond motifs is 9. The van der Waals surface area contributed by atoms with E-state index in [0.717, 1.165) is 66.0 Å². The van der Waals surface area contributed by atoms with Gasteiger partial charge < -0.3 is 4.42 Å². The first-order chi connectivity index (χ1) is 25.3. The van der Waals surface area contributed by atoms with Gasteiger partial charge in [0.2, 0.25) is 5.95 Å². The Kier molecular flexibility index (Phi) is 6.05. The summed E-state index contributed by atoms with van der Waals surface area (Å²) in [5.74, 6) is 1.71. The average molecular weight is 671 g/mol. The molecule has 0 radical (unpaired) electrons. The molecule has 0 aliphatic heterocycles. The van der Waals surface area contributed by atoms with Gasteiger partial charge in [0.15, 0.2) is 11.6 Å². The second-order valence-corrected chi connectivity index (χ2v) is 13.9. The monoisotopic (exact) mass is 670 g/mol. The van der Waals surface area contributed by atoms with Gasteiger partial charge in [-0.1, -0.05) is 121 Å². The van der Waals surface area contributed by atoms with Gasteiger partial charge in [0.25, 0.3) is 0 Å². The van der Waals surface area contributed by atoms with Gasteiger partial charge in [0, 0.05) is 47.3 Å². The van der Waals surface area contributed by atoms with Crippen LogP contribution >= 0.6 is 11.3 Å².